The predicted octanol–water partition coefficient (Wildman–Crippen LogP) is 2.38. The smallest absolute Gasteiger partial charge is 0.303 e. The summed E-state index contributed by atoms with van der Waals surface area (Å²) in [5.74, 6) is 0.528. The predicted molar refractivity (Wildman–Crippen MR) is 51.5 cm³/mol. The van der Waals surface area contributed by atoms with E-state index >= 15 is 0 Å². The van der Waals surface area contributed by atoms with Gasteiger partial charge in [-0.25, -0.2) is 0 Å². The summed E-state index contributed by atoms with van der Waals surface area (Å²) in [5.41, 5.74) is -0.0347. The number of carbonyl (C=O) groups is 1. The van der Waals surface area contributed by atoms with Crippen LogP contribution in [0.25, 0.3) is 0 Å². The van der Waals surface area contributed by atoms with Crippen LogP contribution >= 0.6 is 11.8 Å². The minimum absolute atomic E-state index is 0.0347. The Kier molecular flexibility index (Phi) is 3.04. The molecule has 1 unspecified atom stereocenters. The van der Waals surface area contributed by atoms with Crippen molar-refractivity contribution in [1.29, 1.82) is 0 Å². The van der Waals surface area contributed by atoms with E-state index in [0.717, 1.165) is 0 Å². The number of aliphatic carboxylic acids is 1. The fraction of sp³-hybridized carbons (Fsp3) is 0.889. The van der Waals surface area contributed by atoms with Gasteiger partial charge >= 0.3 is 5.97 Å². The fourth-order valence-electron chi connectivity index (χ4n) is 1.70. The molecule has 1 aliphatic rings. The van der Waals surface area contributed by atoms with E-state index in [1.807, 2.05) is 11.8 Å². The van der Waals surface area contributed by atoms with Crippen LogP contribution in [0.4, 0.5) is 0 Å². The third-order valence-electron chi connectivity index (χ3n) is 2.41. The van der Waals surface area contributed by atoms with Crippen LogP contribution in [0.1, 0.15) is 33.1 Å². The van der Waals surface area contributed by atoms with Crippen molar-refractivity contribution in [2.75, 3.05) is 5.75 Å². The van der Waals surface area contributed by atoms with Crippen molar-refractivity contribution in [3.63, 3.8) is 0 Å². The highest BCUT2D eigenvalue weighted by atomic mass is 32.2. The molecule has 0 radical (unpaired) electrons. The van der Waals surface area contributed by atoms with Crippen LogP contribution in [-0.4, -0.2) is 22.1 Å². The van der Waals surface area contributed by atoms with Crippen LogP contribution in [0, 0.1) is 5.41 Å². The van der Waals surface area contributed by atoms with E-state index < -0.39 is 5.97 Å². The Morgan fingerprint density at radius 3 is 2.75 bits per heavy atom. The summed E-state index contributed by atoms with van der Waals surface area (Å²) in [6.45, 7) is 4.12. The van der Waals surface area contributed by atoms with Gasteiger partial charge in [0.15, 0.2) is 0 Å². The van der Waals surface area contributed by atoms with Crippen molar-refractivity contribution in [1.82, 2.24) is 0 Å². The maximum atomic E-state index is 10.6. The van der Waals surface area contributed by atoms with Gasteiger partial charge in [0.2, 0.25) is 0 Å². The maximum Gasteiger partial charge on any atom is 0.303 e. The average molecular weight is 188 g/mol. The van der Waals surface area contributed by atoms with Gasteiger partial charge in [-0.05, 0) is 24.0 Å². The van der Waals surface area contributed by atoms with E-state index in [0.29, 0.717) is 11.7 Å². The molecule has 1 atom stereocenters. The summed E-state index contributed by atoms with van der Waals surface area (Å²) in [4.78, 5) is 10.6. The molecule has 1 rings (SSSR count). The summed E-state index contributed by atoms with van der Waals surface area (Å²) in [6.07, 6.45) is 2.73. The molecule has 70 valence electrons. The Morgan fingerprint density at radius 1 is 1.67 bits per heavy atom. The Balaban J connectivity index is 2.50. The van der Waals surface area contributed by atoms with Gasteiger partial charge in [-0.15, -0.1) is 0 Å². The third-order valence-corrected chi connectivity index (χ3v) is 4.21. The Labute approximate surface area is 77.7 Å². The Bertz CT molecular complexity index is 171. The van der Waals surface area contributed by atoms with Gasteiger partial charge in [-0.1, -0.05) is 13.8 Å². The van der Waals surface area contributed by atoms with Gasteiger partial charge in [-0.2, -0.15) is 11.8 Å². The minimum Gasteiger partial charge on any atom is -0.481 e. The van der Waals surface area contributed by atoms with E-state index in [-0.39, 0.29) is 5.41 Å². The standard InChI is InChI=1S/C9H16O2S/c1-9(2,6-8(10)11)7-4-3-5-12-7/h7H,3-6H2,1-2H3,(H,10,11). The van der Waals surface area contributed by atoms with Crippen molar-refractivity contribution in [3.05, 3.63) is 0 Å². The van der Waals surface area contributed by atoms with Crippen LogP contribution < -0.4 is 0 Å². The first kappa shape index (κ1) is 9.90. The molecule has 1 fully saturated rings. The van der Waals surface area contributed by atoms with Crippen molar-refractivity contribution in [3.8, 4) is 0 Å². The lowest BCUT2D eigenvalue weighted by Gasteiger charge is -2.28. The summed E-state index contributed by atoms with van der Waals surface area (Å²) in [7, 11) is 0. The van der Waals surface area contributed by atoms with Crippen LogP contribution in [0.5, 0.6) is 0 Å². The van der Waals surface area contributed by atoms with Gasteiger partial charge in [0, 0.05) is 5.25 Å². The second kappa shape index (κ2) is 3.69. The van der Waals surface area contributed by atoms with Gasteiger partial charge in [0.25, 0.3) is 0 Å². The van der Waals surface area contributed by atoms with Crippen LogP contribution in [0.2, 0.25) is 0 Å². The molecule has 0 amide bonds. The number of thioether (sulfide) groups is 1. The van der Waals surface area contributed by atoms with E-state index in [1.165, 1.54) is 18.6 Å². The highest BCUT2D eigenvalue weighted by Gasteiger charge is 2.34. The zero-order chi connectivity index (χ0) is 9.19. The number of hydrogen-bond donors (Lipinski definition) is 1. The first-order chi connectivity index (χ1) is 5.52. The van der Waals surface area contributed by atoms with Crippen LogP contribution in [0.15, 0.2) is 0 Å². The molecule has 0 aromatic carbocycles. The van der Waals surface area contributed by atoms with E-state index in [9.17, 15) is 4.79 Å². The second-order valence-corrected chi connectivity index (χ2v) is 5.37. The fourth-order valence-corrected chi connectivity index (χ4v) is 3.18. The number of hydrogen-bond acceptors (Lipinski definition) is 2. The number of carboxylic acid groups (broad SMARTS) is 1. The van der Waals surface area contributed by atoms with E-state index in [4.69, 9.17) is 5.11 Å². The minimum atomic E-state index is -0.674. The van der Waals surface area contributed by atoms with Crippen molar-refractivity contribution in [2.24, 2.45) is 5.41 Å². The average Bonchev–Trinajstić information content (AvgIpc) is 2.32. The topological polar surface area (TPSA) is 37.3 Å². The van der Waals surface area contributed by atoms with Crippen molar-refractivity contribution in [2.45, 2.75) is 38.4 Å². The SMILES string of the molecule is CC(C)(CC(=O)O)C1CCCS1. The highest BCUT2D eigenvalue weighted by Crippen LogP contribution is 2.41. The maximum absolute atomic E-state index is 10.6. The quantitative estimate of drug-likeness (QED) is 0.739. The Morgan fingerprint density at radius 2 is 2.33 bits per heavy atom. The molecule has 1 aliphatic heterocycles. The second-order valence-electron chi connectivity index (χ2n) is 4.06. The summed E-state index contributed by atoms with van der Waals surface area (Å²) < 4.78 is 0. The molecule has 0 spiro atoms. The normalized spacial score (nSPS) is 24.3. The Hall–Kier alpha value is -0.180. The van der Waals surface area contributed by atoms with E-state index in [2.05, 4.69) is 13.8 Å². The zero-order valence-electron chi connectivity index (χ0n) is 7.67. The molecular weight excluding hydrogens is 172 g/mol. The lowest BCUT2D eigenvalue weighted by Crippen LogP contribution is -2.27. The molecule has 2 nitrogen and oxygen atoms in total. The zero-order valence-corrected chi connectivity index (χ0v) is 8.49. The van der Waals surface area contributed by atoms with Crippen molar-refractivity contribution >= 4 is 17.7 Å². The summed E-state index contributed by atoms with van der Waals surface area (Å²) in [5, 5.41) is 9.25. The monoisotopic (exact) mass is 188 g/mol. The van der Waals surface area contributed by atoms with Gasteiger partial charge < -0.3 is 5.11 Å². The van der Waals surface area contributed by atoms with Gasteiger partial charge in [0.1, 0.15) is 0 Å². The van der Waals surface area contributed by atoms with E-state index in [1.54, 1.807) is 0 Å². The first-order valence-corrected chi connectivity index (χ1v) is 5.40. The van der Waals surface area contributed by atoms with Gasteiger partial charge in [-0.3, -0.25) is 4.79 Å². The molecule has 0 aromatic rings. The number of rotatable bonds is 3. The molecule has 0 aromatic heterocycles. The molecule has 0 bridgehead atoms. The molecule has 3 heteroatoms. The van der Waals surface area contributed by atoms with Crippen LogP contribution in [0.3, 0.4) is 0 Å². The van der Waals surface area contributed by atoms with Gasteiger partial charge in [0.05, 0.1) is 6.42 Å². The van der Waals surface area contributed by atoms with Crippen molar-refractivity contribution < 1.29 is 9.90 Å². The summed E-state index contributed by atoms with van der Waals surface area (Å²) >= 11 is 1.93. The molecule has 1 N–H and O–H groups in total. The molecular formula is C9H16O2S. The largest absolute Gasteiger partial charge is 0.481 e. The highest BCUT2D eigenvalue weighted by molar-refractivity contribution is 8.00. The lowest BCUT2D eigenvalue weighted by atomic mass is 9.83. The molecule has 0 saturated carbocycles. The summed E-state index contributed by atoms with van der Waals surface area (Å²) in [6, 6.07) is 0. The molecule has 1 heterocycles. The molecule has 0 aliphatic carbocycles. The molecule has 1 saturated heterocycles. The number of carboxylic acids is 1. The first-order valence-electron chi connectivity index (χ1n) is 4.36. The van der Waals surface area contributed by atoms with Crippen LogP contribution in [-0.2, 0) is 4.79 Å². The lowest BCUT2D eigenvalue weighted by molar-refractivity contribution is -0.139. The molecule has 12 heavy (non-hydrogen) atoms. The third kappa shape index (κ3) is 2.41.